The van der Waals surface area contributed by atoms with Crippen LogP contribution in [0, 0.1) is 5.92 Å². The number of aromatic nitrogens is 5. The summed E-state index contributed by atoms with van der Waals surface area (Å²) in [6, 6.07) is 5.87. The maximum absolute atomic E-state index is 5.97. The molecule has 0 radical (unpaired) electrons. The van der Waals surface area contributed by atoms with Gasteiger partial charge in [-0.05, 0) is 5.92 Å². The minimum absolute atomic E-state index is 0.248. The van der Waals surface area contributed by atoms with Crippen LogP contribution in [-0.4, -0.2) is 48.5 Å². The molecule has 0 amide bonds. The zero-order chi connectivity index (χ0) is 21.1. The summed E-state index contributed by atoms with van der Waals surface area (Å²) in [6.45, 7) is 8.62. The summed E-state index contributed by atoms with van der Waals surface area (Å²) in [5.74, 6) is 2.06. The molecule has 0 aliphatic carbocycles. The molecule has 1 aromatic carbocycles. The summed E-state index contributed by atoms with van der Waals surface area (Å²) in [4.78, 5) is 18.0. The number of nitrogen functional groups attached to an aromatic ring is 1. The summed E-state index contributed by atoms with van der Waals surface area (Å²) in [6.07, 6.45) is 1.47. The van der Waals surface area contributed by atoms with Crippen molar-refractivity contribution >= 4 is 67.1 Å². The number of hydrogen-bond acceptors (Lipinski definition) is 8. The van der Waals surface area contributed by atoms with Gasteiger partial charge in [0.2, 0.25) is 0 Å². The summed E-state index contributed by atoms with van der Waals surface area (Å²) >= 11 is 4.69. The number of nitrogens with two attached hydrogens (primary N) is 1. The molecule has 2 atom stereocenters. The molecule has 2 N–H and O–H groups in total. The van der Waals surface area contributed by atoms with E-state index in [9.17, 15) is 0 Å². The van der Waals surface area contributed by atoms with Crippen LogP contribution in [0.5, 0.6) is 5.75 Å². The van der Waals surface area contributed by atoms with Crippen molar-refractivity contribution in [3.05, 3.63) is 24.5 Å². The van der Waals surface area contributed by atoms with Crippen LogP contribution < -0.4 is 10.5 Å². The summed E-state index contributed by atoms with van der Waals surface area (Å²) in [7, 11) is 1.67. The van der Waals surface area contributed by atoms with Crippen molar-refractivity contribution in [2.75, 3.05) is 12.8 Å². The van der Waals surface area contributed by atoms with Crippen LogP contribution in [0.2, 0.25) is 0 Å². The van der Waals surface area contributed by atoms with Crippen LogP contribution >= 0.6 is 23.1 Å². The molecular formula is C19H25AsN6OS2. The zero-order valence-electron chi connectivity index (χ0n) is 17.1. The van der Waals surface area contributed by atoms with Gasteiger partial charge in [-0.25, -0.2) is 0 Å². The number of fused-ring (bicyclic) bond motifs is 2. The quantitative estimate of drug-likeness (QED) is 0.431. The van der Waals surface area contributed by atoms with Gasteiger partial charge < -0.3 is 0 Å². The molecule has 154 valence electrons. The Morgan fingerprint density at radius 1 is 1.17 bits per heavy atom. The topological polar surface area (TPSA) is 91.7 Å². The van der Waals surface area contributed by atoms with Crippen LogP contribution in [-0.2, 0) is 0 Å². The number of anilines is 1. The van der Waals surface area contributed by atoms with Crippen molar-refractivity contribution in [1.82, 2.24) is 24.5 Å². The summed E-state index contributed by atoms with van der Waals surface area (Å²) in [5, 5.41) is 0.817. The van der Waals surface area contributed by atoms with Crippen molar-refractivity contribution in [3.8, 4) is 5.75 Å². The van der Waals surface area contributed by atoms with Gasteiger partial charge in [0.1, 0.15) is 0 Å². The number of benzene rings is 1. The van der Waals surface area contributed by atoms with Crippen LogP contribution in [0.15, 0.2) is 34.0 Å². The van der Waals surface area contributed by atoms with Crippen LogP contribution in [0.25, 0.3) is 21.4 Å². The fourth-order valence-corrected chi connectivity index (χ4v) is 5.57. The number of nitrogens with zero attached hydrogens (tertiary/aromatic N) is 5. The van der Waals surface area contributed by atoms with Gasteiger partial charge in [0.15, 0.2) is 0 Å². The van der Waals surface area contributed by atoms with Crippen LogP contribution in [0.1, 0.15) is 32.5 Å². The number of rotatable bonds is 4. The second-order valence-corrected chi connectivity index (χ2v) is 11.3. The van der Waals surface area contributed by atoms with Gasteiger partial charge in [0, 0.05) is 0 Å². The number of ether oxygens (including phenoxy) is 1. The van der Waals surface area contributed by atoms with Gasteiger partial charge in [0.05, 0.1) is 0 Å². The first-order chi connectivity index (χ1) is 13.8. The number of thiazole rings is 1. The SMILES string of the molecule is CC(C)C.COc1cccc2nc(Sc3nc4c(N)ncnc4n3C(C)[AsH2])sc12. The zero-order valence-corrected chi connectivity index (χ0v) is 21.1. The number of imidazole rings is 1. The monoisotopic (exact) mass is 492 g/mol. The van der Waals surface area contributed by atoms with E-state index in [0.29, 0.717) is 11.3 Å². The molecule has 10 heteroatoms. The standard InChI is InChI=1S/C15H15AsN6OS2.C4H10/c1-7(16)22-13-10(12(17)18-6-19-13)21-14(22)25-15-20-8-4-3-5-9(23-2)11(8)24-15;1-4(2)3/h3-7H,16H2,1-2H3,(H2,17,18,19);4H,1-3H3. The molecule has 0 saturated heterocycles. The third-order valence-electron chi connectivity index (χ3n) is 3.64. The van der Waals surface area contributed by atoms with Gasteiger partial charge in [-0.15, -0.1) is 0 Å². The predicted octanol–water partition coefficient (Wildman–Crippen LogP) is 3.99. The van der Waals surface area contributed by atoms with Crippen molar-refractivity contribution in [2.45, 2.75) is 42.0 Å². The van der Waals surface area contributed by atoms with Gasteiger partial charge in [-0.1, -0.05) is 20.8 Å². The molecule has 0 bridgehead atoms. The number of hydrogen-bond donors (Lipinski definition) is 1. The Kier molecular flexibility index (Phi) is 7.03. The van der Waals surface area contributed by atoms with E-state index in [1.54, 1.807) is 35.3 Å². The van der Waals surface area contributed by atoms with E-state index >= 15 is 0 Å². The Morgan fingerprint density at radius 2 is 1.90 bits per heavy atom. The van der Waals surface area contributed by atoms with Gasteiger partial charge in [-0.2, -0.15) is 0 Å². The Labute approximate surface area is 187 Å². The molecule has 0 saturated carbocycles. The molecule has 0 aliphatic heterocycles. The van der Waals surface area contributed by atoms with Gasteiger partial charge >= 0.3 is 161 Å². The Balaban J connectivity index is 0.000000552. The Bertz CT molecular complexity index is 1120. The average molecular weight is 493 g/mol. The summed E-state index contributed by atoms with van der Waals surface area (Å²) < 4.78 is 9.44. The second-order valence-electron chi connectivity index (χ2n) is 7.06. The van der Waals surface area contributed by atoms with E-state index in [2.05, 4.69) is 47.2 Å². The van der Waals surface area contributed by atoms with Crippen molar-refractivity contribution in [3.63, 3.8) is 0 Å². The first-order valence-electron chi connectivity index (χ1n) is 9.17. The van der Waals surface area contributed by atoms with E-state index < -0.39 is 0 Å². The average Bonchev–Trinajstić information content (AvgIpc) is 3.22. The molecule has 2 unspecified atom stereocenters. The molecule has 3 aromatic heterocycles. The van der Waals surface area contributed by atoms with E-state index in [4.69, 9.17) is 15.5 Å². The van der Waals surface area contributed by atoms with E-state index in [1.807, 2.05) is 18.2 Å². The first-order valence-corrected chi connectivity index (χ1v) is 12.2. The first kappa shape index (κ1) is 21.9. The molecule has 4 rings (SSSR count). The van der Waals surface area contributed by atoms with Crippen LogP contribution in [0.3, 0.4) is 0 Å². The molecule has 4 aromatic rings. The number of methoxy groups -OCH3 is 1. The van der Waals surface area contributed by atoms with Gasteiger partial charge in [0.25, 0.3) is 0 Å². The predicted molar refractivity (Wildman–Crippen MR) is 124 cm³/mol. The Morgan fingerprint density at radius 3 is 2.55 bits per heavy atom. The third-order valence-corrected chi connectivity index (χ3v) is 6.38. The fraction of sp³-hybridized carbons (Fsp3) is 0.368. The van der Waals surface area contributed by atoms with Crippen molar-refractivity contribution < 1.29 is 4.74 Å². The normalized spacial score (nSPS) is 12.2. The van der Waals surface area contributed by atoms with E-state index in [0.717, 1.165) is 37.0 Å². The van der Waals surface area contributed by atoms with E-state index in [1.165, 1.54) is 18.1 Å². The molecule has 0 fully saturated rings. The molecule has 7 nitrogen and oxygen atoms in total. The van der Waals surface area contributed by atoms with E-state index in [-0.39, 0.29) is 4.83 Å². The minimum atomic E-state index is 0.248. The molecule has 29 heavy (non-hydrogen) atoms. The Hall–Kier alpha value is -1.83. The molecular weight excluding hydrogens is 467 g/mol. The fourth-order valence-electron chi connectivity index (χ4n) is 2.53. The van der Waals surface area contributed by atoms with Crippen molar-refractivity contribution in [2.24, 2.45) is 5.92 Å². The van der Waals surface area contributed by atoms with Gasteiger partial charge in [-0.3, -0.25) is 0 Å². The molecule has 0 aliphatic rings. The van der Waals surface area contributed by atoms with Crippen LogP contribution in [0.4, 0.5) is 5.82 Å². The second kappa shape index (κ2) is 9.32. The maximum atomic E-state index is 5.97. The summed E-state index contributed by atoms with van der Waals surface area (Å²) in [5.41, 5.74) is 8.28. The molecule has 3 heterocycles. The van der Waals surface area contributed by atoms with Crippen molar-refractivity contribution in [1.29, 1.82) is 0 Å². The molecule has 0 spiro atoms. The third kappa shape index (κ3) is 4.84.